The molecule has 0 saturated carbocycles. The lowest BCUT2D eigenvalue weighted by Gasteiger charge is -2.06. The van der Waals surface area contributed by atoms with Gasteiger partial charge in [-0.3, -0.25) is 4.79 Å². The molecule has 1 amide bonds. The topological polar surface area (TPSA) is 63.2 Å². The van der Waals surface area contributed by atoms with Gasteiger partial charge in [-0.1, -0.05) is 0 Å². The number of methoxy groups -OCH3 is 1. The highest BCUT2D eigenvalue weighted by Crippen LogP contribution is 2.06. The summed E-state index contributed by atoms with van der Waals surface area (Å²) in [6.45, 7) is 1.44. The Balaban J connectivity index is 2.17. The lowest BCUT2D eigenvalue weighted by molar-refractivity contribution is -0.121. The van der Waals surface area contributed by atoms with Crippen LogP contribution in [-0.4, -0.2) is 37.7 Å². The van der Waals surface area contributed by atoms with Crippen LogP contribution in [0.1, 0.15) is 6.42 Å². The van der Waals surface area contributed by atoms with E-state index in [4.69, 9.17) is 4.74 Å². The number of ether oxygens (including phenoxy) is 1. The van der Waals surface area contributed by atoms with Crippen LogP contribution in [0.3, 0.4) is 0 Å². The fraction of sp³-hybridized carbons (Fsp3) is 0.455. The first-order valence-corrected chi connectivity index (χ1v) is 5.33. The van der Waals surface area contributed by atoms with Gasteiger partial charge >= 0.3 is 0 Å². The zero-order valence-electron chi connectivity index (χ0n) is 9.70. The van der Waals surface area contributed by atoms with Crippen molar-refractivity contribution in [2.24, 2.45) is 0 Å². The maximum Gasteiger partial charge on any atom is 0.221 e. The molecule has 0 aliphatic heterocycles. The Morgan fingerprint density at radius 1 is 1.53 bits per heavy atom. The van der Waals surface area contributed by atoms with Crippen LogP contribution in [0.25, 0.3) is 0 Å². The van der Waals surface area contributed by atoms with Crippen molar-refractivity contribution in [2.45, 2.75) is 6.42 Å². The summed E-state index contributed by atoms with van der Waals surface area (Å²) in [5.41, 5.74) is 0.613. The van der Waals surface area contributed by atoms with Crippen molar-refractivity contribution in [3.63, 3.8) is 0 Å². The Hall–Kier alpha value is -1.69. The number of nitrogens with zero attached hydrogens (tertiary/aromatic N) is 1. The number of anilines is 1. The van der Waals surface area contributed by atoms with E-state index in [9.17, 15) is 9.18 Å². The van der Waals surface area contributed by atoms with E-state index >= 15 is 0 Å². The number of carbonyl (C=O) groups is 1. The first-order valence-electron chi connectivity index (χ1n) is 5.33. The molecule has 2 N–H and O–H groups in total. The van der Waals surface area contributed by atoms with Gasteiger partial charge < -0.3 is 15.4 Å². The quantitative estimate of drug-likeness (QED) is 0.547. The third-order valence-electron chi connectivity index (χ3n) is 2.04. The van der Waals surface area contributed by atoms with E-state index in [0.29, 0.717) is 31.8 Å². The number of amides is 1. The van der Waals surface area contributed by atoms with Crippen LogP contribution in [0.15, 0.2) is 18.3 Å². The van der Waals surface area contributed by atoms with Gasteiger partial charge in [0.25, 0.3) is 0 Å². The van der Waals surface area contributed by atoms with E-state index < -0.39 is 5.95 Å². The summed E-state index contributed by atoms with van der Waals surface area (Å²) in [6.07, 6.45) is 1.70. The molecule has 6 heteroatoms. The molecule has 1 rings (SSSR count). The molecule has 1 aromatic heterocycles. The van der Waals surface area contributed by atoms with Gasteiger partial charge in [-0.2, -0.15) is 4.39 Å². The highest BCUT2D eigenvalue weighted by molar-refractivity contribution is 5.76. The van der Waals surface area contributed by atoms with Crippen LogP contribution in [0, 0.1) is 5.95 Å². The van der Waals surface area contributed by atoms with Gasteiger partial charge in [-0.05, 0) is 6.07 Å². The second-order valence-corrected chi connectivity index (χ2v) is 3.39. The van der Waals surface area contributed by atoms with Gasteiger partial charge in [0.05, 0.1) is 6.61 Å². The normalized spacial score (nSPS) is 10.0. The number of rotatable bonds is 7. The Morgan fingerprint density at radius 2 is 2.35 bits per heavy atom. The molecule has 1 heterocycles. The molecule has 0 spiro atoms. The zero-order valence-corrected chi connectivity index (χ0v) is 9.70. The van der Waals surface area contributed by atoms with Crippen LogP contribution in [0.2, 0.25) is 0 Å². The first-order chi connectivity index (χ1) is 8.22. The van der Waals surface area contributed by atoms with Crippen LogP contribution in [0.5, 0.6) is 0 Å². The van der Waals surface area contributed by atoms with Crippen molar-refractivity contribution in [3.8, 4) is 0 Å². The lowest BCUT2D eigenvalue weighted by Crippen LogP contribution is -2.28. The number of hydrogen-bond donors (Lipinski definition) is 2. The van der Waals surface area contributed by atoms with E-state index in [-0.39, 0.29) is 5.91 Å². The molecular formula is C11H16FN3O2. The van der Waals surface area contributed by atoms with Crippen molar-refractivity contribution in [1.29, 1.82) is 0 Å². The predicted molar refractivity (Wildman–Crippen MR) is 62.2 cm³/mol. The average Bonchev–Trinajstić information content (AvgIpc) is 2.29. The maximum absolute atomic E-state index is 12.7. The van der Waals surface area contributed by atoms with Gasteiger partial charge in [0, 0.05) is 44.6 Å². The van der Waals surface area contributed by atoms with E-state index in [0.717, 1.165) is 0 Å². The van der Waals surface area contributed by atoms with Gasteiger partial charge in [0.2, 0.25) is 11.9 Å². The molecule has 0 bridgehead atoms. The summed E-state index contributed by atoms with van der Waals surface area (Å²) < 4.78 is 17.5. The van der Waals surface area contributed by atoms with Gasteiger partial charge in [0.1, 0.15) is 0 Å². The number of hydrogen-bond acceptors (Lipinski definition) is 4. The highest BCUT2D eigenvalue weighted by Gasteiger charge is 2.00. The maximum atomic E-state index is 12.7. The van der Waals surface area contributed by atoms with Crippen LogP contribution < -0.4 is 10.6 Å². The first kappa shape index (κ1) is 13.4. The SMILES string of the molecule is COCCNC(=O)CCNc1ccnc(F)c1. The minimum atomic E-state index is -0.542. The second kappa shape index (κ2) is 7.56. The van der Waals surface area contributed by atoms with Crippen LogP contribution in [-0.2, 0) is 9.53 Å². The predicted octanol–water partition coefficient (Wildman–Crippen LogP) is 0.785. The molecule has 94 valence electrons. The summed E-state index contributed by atoms with van der Waals surface area (Å²) >= 11 is 0. The smallest absolute Gasteiger partial charge is 0.221 e. The summed E-state index contributed by atoms with van der Waals surface area (Å²) in [4.78, 5) is 14.7. The molecule has 0 atom stereocenters. The average molecular weight is 241 g/mol. The molecule has 1 aromatic rings. The van der Waals surface area contributed by atoms with Crippen molar-refractivity contribution < 1.29 is 13.9 Å². The van der Waals surface area contributed by atoms with Crippen molar-refractivity contribution >= 4 is 11.6 Å². The Bertz CT molecular complexity index is 360. The Labute approximate surface area is 99.4 Å². The fourth-order valence-corrected chi connectivity index (χ4v) is 1.21. The summed E-state index contributed by atoms with van der Waals surface area (Å²) in [7, 11) is 1.58. The van der Waals surface area contributed by atoms with Crippen LogP contribution in [0.4, 0.5) is 10.1 Å². The van der Waals surface area contributed by atoms with Crippen molar-refractivity contribution in [3.05, 3.63) is 24.3 Å². The monoisotopic (exact) mass is 241 g/mol. The lowest BCUT2D eigenvalue weighted by atomic mass is 10.3. The molecule has 0 saturated heterocycles. The van der Waals surface area contributed by atoms with E-state index in [2.05, 4.69) is 15.6 Å². The van der Waals surface area contributed by atoms with Crippen LogP contribution >= 0.6 is 0 Å². The molecular weight excluding hydrogens is 225 g/mol. The molecule has 0 radical (unpaired) electrons. The standard InChI is InChI=1S/C11H16FN3O2/c1-17-7-6-15-11(16)3-5-13-9-2-4-14-10(12)8-9/h2,4,8H,3,5-7H2,1H3,(H,13,14)(H,15,16). The van der Waals surface area contributed by atoms with Gasteiger partial charge in [-0.15, -0.1) is 0 Å². The number of nitrogens with one attached hydrogen (secondary N) is 2. The van der Waals surface area contributed by atoms with Gasteiger partial charge in [-0.25, -0.2) is 4.98 Å². The molecule has 0 aromatic carbocycles. The molecule has 0 aliphatic rings. The molecule has 0 fully saturated rings. The molecule has 17 heavy (non-hydrogen) atoms. The minimum absolute atomic E-state index is 0.0657. The van der Waals surface area contributed by atoms with Crippen molar-refractivity contribution in [1.82, 2.24) is 10.3 Å². The zero-order chi connectivity index (χ0) is 12.5. The Kier molecular flexibility index (Phi) is 5.95. The van der Waals surface area contributed by atoms with E-state index in [1.807, 2.05) is 0 Å². The van der Waals surface area contributed by atoms with Crippen molar-refractivity contribution in [2.75, 3.05) is 32.1 Å². The van der Waals surface area contributed by atoms with E-state index in [1.165, 1.54) is 12.3 Å². The summed E-state index contributed by atoms with van der Waals surface area (Å²) in [6, 6.07) is 2.93. The summed E-state index contributed by atoms with van der Waals surface area (Å²) in [5, 5.41) is 5.63. The molecule has 5 nitrogen and oxygen atoms in total. The second-order valence-electron chi connectivity index (χ2n) is 3.39. The number of pyridine rings is 1. The van der Waals surface area contributed by atoms with Gasteiger partial charge in [0.15, 0.2) is 0 Å². The minimum Gasteiger partial charge on any atom is -0.384 e. The fourth-order valence-electron chi connectivity index (χ4n) is 1.21. The third-order valence-corrected chi connectivity index (χ3v) is 2.04. The Morgan fingerprint density at radius 3 is 3.06 bits per heavy atom. The highest BCUT2D eigenvalue weighted by atomic mass is 19.1. The third kappa shape index (κ3) is 5.82. The molecule has 0 aliphatic carbocycles. The largest absolute Gasteiger partial charge is 0.384 e. The van der Waals surface area contributed by atoms with E-state index in [1.54, 1.807) is 13.2 Å². The molecule has 0 unspecified atom stereocenters. The number of halogens is 1. The number of carbonyl (C=O) groups excluding carboxylic acids is 1. The number of aromatic nitrogens is 1. The summed E-state index contributed by atoms with van der Waals surface area (Å²) in [5.74, 6) is -0.608.